The van der Waals surface area contributed by atoms with Gasteiger partial charge in [-0.1, -0.05) is 97.0 Å². The molecule has 0 unspecified atom stereocenters. The summed E-state index contributed by atoms with van der Waals surface area (Å²) in [5.41, 5.74) is 2.62. The molecule has 1 aliphatic heterocycles. The lowest BCUT2D eigenvalue weighted by molar-refractivity contribution is -0.237. The molecule has 1 fully saturated rings. The molecular weight excluding hydrogens is 424 g/mol. The van der Waals surface area contributed by atoms with Crippen LogP contribution >= 0.6 is 0 Å². The molecule has 194 valence electrons. The molecule has 1 saturated heterocycles. The zero-order chi connectivity index (χ0) is 24.6. The Kier molecular flexibility index (Phi) is 14.5. The molecule has 0 spiro atoms. The van der Waals surface area contributed by atoms with Crippen molar-refractivity contribution in [3.8, 4) is 0 Å². The summed E-state index contributed by atoms with van der Waals surface area (Å²) in [5.74, 6) is 0.220. The Hall–Kier alpha value is -1.39. The van der Waals surface area contributed by atoms with Gasteiger partial charge in [0.2, 0.25) is 0 Å². The third kappa shape index (κ3) is 10.5. The van der Waals surface area contributed by atoms with E-state index in [0.717, 1.165) is 30.6 Å². The van der Waals surface area contributed by atoms with E-state index in [1.807, 2.05) is 25.1 Å². The minimum atomic E-state index is -0.353. The van der Waals surface area contributed by atoms with Crippen LogP contribution in [0.3, 0.4) is 0 Å². The number of aryl methyl sites for hydroxylation is 1. The third-order valence-corrected chi connectivity index (χ3v) is 7.13. The summed E-state index contributed by atoms with van der Waals surface area (Å²) in [7, 11) is 0. The predicted octanol–water partition coefficient (Wildman–Crippen LogP) is 8.70. The standard InChI is InChI=1S/C30H50O4/c1-5-7-9-11-12-13-14-16-18-27-23-33-30(34-25(27)4)28-20-19-26(22-24(28)3)29(31)32-21-17-15-10-8-6-2/h19-20,22,25,27,30H,5-18,21,23H2,1-4H3/t25-,27+,30+/m1/s1. The van der Waals surface area contributed by atoms with Gasteiger partial charge in [-0.2, -0.15) is 0 Å². The quantitative estimate of drug-likeness (QED) is 0.167. The van der Waals surface area contributed by atoms with E-state index >= 15 is 0 Å². The molecule has 34 heavy (non-hydrogen) atoms. The van der Waals surface area contributed by atoms with Crippen molar-refractivity contribution in [2.75, 3.05) is 13.2 Å². The van der Waals surface area contributed by atoms with Crippen LogP contribution in [0, 0.1) is 12.8 Å². The molecule has 4 heteroatoms. The van der Waals surface area contributed by atoms with Gasteiger partial charge in [0, 0.05) is 11.5 Å². The number of hydrogen-bond acceptors (Lipinski definition) is 4. The largest absolute Gasteiger partial charge is 0.462 e. The zero-order valence-corrected chi connectivity index (χ0v) is 22.4. The van der Waals surface area contributed by atoms with E-state index in [0.29, 0.717) is 18.1 Å². The molecule has 0 N–H and O–H groups in total. The van der Waals surface area contributed by atoms with Crippen molar-refractivity contribution in [3.05, 3.63) is 34.9 Å². The van der Waals surface area contributed by atoms with Gasteiger partial charge in [-0.05, 0) is 44.4 Å². The molecule has 0 aromatic heterocycles. The van der Waals surface area contributed by atoms with Crippen molar-refractivity contribution in [2.24, 2.45) is 5.92 Å². The summed E-state index contributed by atoms with van der Waals surface area (Å²) in [5, 5.41) is 0. The number of carbonyl (C=O) groups is 1. The van der Waals surface area contributed by atoms with Gasteiger partial charge in [0.05, 0.1) is 24.9 Å². The summed E-state index contributed by atoms with van der Waals surface area (Å²) in [6.45, 7) is 9.89. The van der Waals surface area contributed by atoms with Gasteiger partial charge in [-0.25, -0.2) is 4.79 Å². The number of benzene rings is 1. The number of hydrogen-bond donors (Lipinski definition) is 0. The molecule has 3 atom stereocenters. The van der Waals surface area contributed by atoms with Crippen molar-refractivity contribution in [3.63, 3.8) is 0 Å². The third-order valence-electron chi connectivity index (χ3n) is 7.13. The Labute approximate surface area is 209 Å². The van der Waals surface area contributed by atoms with Crippen molar-refractivity contribution in [2.45, 2.75) is 130 Å². The molecule has 1 heterocycles. The highest BCUT2D eigenvalue weighted by Crippen LogP contribution is 2.33. The zero-order valence-electron chi connectivity index (χ0n) is 22.4. The first-order chi connectivity index (χ1) is 16.6. The summed E-state index contributed by atoms with van der Waals surface area (Å²) >= 11 is 0. The van der Waals surface area contributed by atoms with Crippen molar-refractivity contribution >= 4 is 5.97 Å². The van der Waals surface area contributed by atoms with E-state index in [1.165, 1.54) is 77.0 Å². The van der Waals surface area contributed by atoms with Crippen LogP contribution in [0.1, 0.15) is 138 Å². The lowest BCUT2D eigenvalue weighted by Crippen LogP contribution is -2.34. The van der Waals surface area contributed by atoms with E-state index in [2.05, 4.69) is 20.8 Å². The van der Waals surface area contributed by atoms with Crippen LogP contribution in [0.25, 0.3) is 0 Å². The van der Waals surface area contributed by atoms with Crippen LogP contribution in [-0.4, -0.2) is 25.3 Å². The summed E-state index contributed by atoms with van der Waals surface area (Å²) < 4.78 is 17.8. The monoisotopic (exact) mass is 474 g/mol. The second kappa shape index (κ2) is 17.1. The molecule has 2 rings (SSSR count). The number of carbonyl (C=O) groups excluding carboxylic acids is 1. The molecule has 0 amide bonds. The van der Waals surface area contributed by atoms with E-state index in [9.17, 15) is 4.79 Å². The average molecular weight is 475 g/mol. The Balaban J connectivity index is 1.71. The molecular formula is C30H50O4. The van der Waals surface area contributed by atoms with Crippen molar-refractivity contribution < 1.29 is 19.0 Å². The Bertz CT molecular complexity index is 686. The van der Waals surface area contributed by atoms with Gasteiger partial charge in [0.1, 0.15) is 0 Å². The molecule has 0 radical (unpaired) electrons. The fraction of sp³-hybridized carbons (Fsp3) is 0.767. The number of esters is 1. The minimum absolute atomic E-state index is 0.181. The maximum atomic E-state index is 12.4. The minimum Gasteiger partial charge on any atom is -0.462 e. The van der Waals surface area contributed by atoms with Crippen molar-refractivity contribution in [1.29, 1.82) is 0 Å². The molecule has 1 aromatic rings. The maximum Gasteiger partial charge on any atom is 0.338 e. The lowest BCUT2D eigenvalue weighted by atomic mass is 9.95. The SMILES string of the molecule is CCCCCCCCCC[C@H]1CO[C@H](c2ccc(C(=O)OCCCCCCC)cc2C)O[C@@H]1C. The Morgan fingerprint density at radius 2 is 1.53 bits per heavy atom. The van der Waals surface area contributed by atoms with Crippen LogP contribution in [0.5, 0.6) is 0 Å². The van der Waals surface area contributed by atoms with Crippen LogP contribution in [0.15, 0.2) is 18.2 Å². The number of rotatable bonds is 17. The highest BCUT2D eigenvalue weighted by atomic mass is 16.7. The smallest absolute Gasteiger partial charge is 0.338 e. The number of unbranched alkanes of at least 4 members (excludes halogenated alkanes) is 11. The highest BCUT2D eigenvalue weighted by Gasteiger charge is 2.30. The molecule has 1 aromatic carbocycles. The van der Waals surface area contributed by atoms with Gasteiger partial charge in [0.25, 0.3) is 0 Å². The highest BCUT2D eigenvalue weighted by molar-refractivity contribution is 5.89. The Morgan fingerprint density at radius 3 is 2.15 bits per heavy atom. The van der Waals surface area contributed by atoms with E-state index in [4.69, 9.17) is 14.2 Å². The first-order valence-electron chi connectivity index (χ1n) is 14.1. The van der Waals surface area contributed by atoms with Crippen LogP contribution in [0.4, 0.5) is 0 Å². The first kappa shape index (κ1) is 28.8. The van der Waals surface area contributed by atoms with Gasteiger partial charge in [-0.3, -0.25) is 0 Å². The summed E-state index contributed by atoms with van der Waals surface area (Å²) in [4.78, 5) is 12.4. The topological polar surface area (TPSA) is 44.8 Å². The molecule has 0 aliphatic carbocycles. The van der Waals surface area contributed by atoms with E-state index in [1.54, 1.807) is 0 Å². The fourth-order valence-corrected chi connectivity index (χ4v) is 4.73. The van der Waals surface area contributed by atoms with Crippen molar-refractivity contribution in [1.82, 2.24) is 0 Å². The van der Waals surface area contributed by atoms with Crippen LogP contribution in [-0.2, 0) is 14.2 Å². The molecule has 0 bridgehead atoms. The van der Waals surface area contributed by atoms with Gasteiger partial charge < -0.3 is 14.2 Å². The van der Waals surface area contributed by atoms with Crippen LogP contribution < -0.4 is 0 Å². The van der Waals surface area contributed by atoms with Crippen LogP contribution in [0.2, 0.25) is 0 Å². The van der Waals surface area contributed by atoms with Gasteiger partial charge in [0.15, 0.2) is 6.29 Å². The van der Waals surface area contributed by atoms with E-state index < -0.39 is 0 Å². The molecule has 0 saturated carbocycles. The first-order valence-corrected chi connectivity index (χ1v) is 14.1. The van der Waals surface area contributed by atoms with Gasteiger partial charge >= 0.3 is 5.97 Å². The summed E-state index contributed by atoms with van der Waals surface area (Å²) in [6, 6.07) is 5.70. The maximum absolute atomic E-state index is 12.4. The fourth-order valence-electron chi connectivity index (χ4n) is 4.73. The second-order valence-corrected chi connectivity index (χ2v) is 10.2. The van der Waals surface area contributed by atoms with Gasteiger partial charge in [-0.15, -0.1) is 0 Å². The van der Waals surface area contributed by atoms with E-state index in [-0.39, 0.29) is 18.4 Å². The lowest BCUT2D eigenvalue weighted by Gasteiger charge is -2.35. The average Bonchev–Trinajstić information content (AvgIpc) is 2.83. The summed E-state index contributed by atoms with van der Waals surface area (Å²) in [6.07, 6.45) is 17.5. The molecule has 4 nitrogen and oxygen atoms in total. The predicted molar refractivity (Wildman–Crippen MR) is 140 cm³/mol. The second-order valence-electron chi connectivity index (χ2n) is 10.2. The normalized spacial score (nSPS) is 20.4. The number of ether oxygens (including phenoxy) is 3. The molecule has 1 aliphatic rings. The Morgan fingerprint density at radius 1 is 0.912 bits per heavy atom.